The lowest BCUT2D eigenvalue weighted by molar-refractivity contribution is 0.0757. The van der Waals surface area contributed by atoms with Crippen LogP contribution >= 0.6 is 22.9 Å². The maximum absolute atomic E-state index is 12.5. The fourth-order valence-electron chi connectivity index (χ4n) is 2.11. The topological polar surface area (TPSA) is 38.8 Å². The Labute approximate surface area is 139 Å². The van der Waals surface area contributed by atoms with Gasteiger partial charge in [-0.25, -0.2) is 0 Å². The number of carbonyl (C=O) groups excluding carboxylic acids is 1. The predicted octanol–water partition coefficient (Wildman–Crippen LogP) is 4.08. The zero-order chi connectivity index (χ0) is 16.1. The van der Waals surface area contributed by atoms with Gasteiger partial charge in [-0.2, -0.15) is 0 Å². The first-order valence-corrected chi connectivity index (χ1v) is 8.04. The molecule has 0 spiro atoms. The molecule has 0 radical (unpaired) electrons. The Balaban J connectivity index is 2.18. The normalized spacial score (nSPS) is 10.4. The number of methoxy groups -OCH3 is 2. The second-order valence-electron chi connectivity index (χ2n) is 4.61. The Morgan fingerprint density at radius 1 is 1.18 bits per heavy atom. The Morgan fingerprint density at radius 3 is 2.45 bits per heavy atom. The molecule has 1 aromatic carbocycles. The van der Waals surface area contributed by atoms with Gasteiger partial charge in [-0.3, -0.25) is 4.79 Å². The number of halogens is 1. The third-order valence-electron chi connectivity index (χ3n) is 3.27. The van der Waals surface area contributed by atoms with Crippen molar-refractivity contribution >= 4 is 28.8 Å². The summed E-state index contributed by atoms with van der Waals surface area (Å²) in [5, 5.41) is 0. The molecule has 0 bridgehead atoms. The van der Waals surface area contributed by atoms with E-state index in [4.69, 9.17) is 21.1 Å². The Morgan fingerprint density at radius 2 is 1.91 bits per heavy atom. The number of hydrogen-bond donors (Lipinski definition) is 0. The van der Waals surface area contributed by atoms with Crippen LogP contribution in [0.25, 0.3) is 0 Å². The van der Waals surface area contributed by atoms with E-state index < -0.39 is 0 Å². The molecular formula is C16H18ClNO3S. The number of thiophene rings is 1. The molecule has 0 fully saturated rings. The molecule has 0 saturated heterocycles. The maximum atomic E-state index is 12.5. The molecule has 0 N–H and O–H groups in total. The molecule has 0 atom stereocenters. The molecule has 1 heterocycles. The number of carbonyl (C=O) groups is 1. The van der Waals surface area contributed by atoms with Gasteiger partial charge in [0.1, 0.15) is 0 Å². The molecule has 0 aliphatic rings. The van der Waals surface area contributed by atoms with Gasteiger partial charge in [0.25, 0.3) is 5.91 Å². The average Bonchev–Trinajstić information content (AvgIpc) is 2.98. The molecule has 118 valence electrons. The molecule has 6 heteroatoms. The van der Waals surface area contributed by atoms with E-state index in [9.17, 15) is 4.79 Å². The van der Waals surface area contributed by atoms with Crippen LogP contribution in [0.3, 0.4) is 0 Å². The summed E-state index contributed by atoms with van der Waals surface area (Å²) in [5.74, 6) is 1.31. The highest BCUT2D eigenvalue weighted by molar-refractivity contribution is 7.17. The molecule has 0 aliphatic carbocycles. The SMILES string of the molecule is CCN(Cc1ccc(OC)c(OC)c1)C(=O)c1ccc(Cl)s1. The molecule has 1 amide bonds. The fourth-order valence-corrected chi connectivity index (χ4v) is 3.12. The minimum Gasteiger partial charge on any atom is -0.493 e. The van der Waals surface area contributed by atoms with Gasteiger partial charge in [-0.1, -0.05) is 17.7 Å². The average molecular weight is 340 g/mol. The van der Waals surface area contributed by atoms with Gasteiger partial charge in [0.05, 0.1) is 23.4 Å². The first kappa shape index (κ1) is 16.6. The number of rotatable bonds is 6. The first-order valence-electron chi connectivity index (χ1n) is 6.84. The number of nitrogens with zero attached hydrogens (tertiary/aromatic N) is 1. The van der Waals surface area contributed by atoms with E-state index in [1.165, 1.54) is 11.3 Å². The summed E-state index contributed by atoms with van der Waals surface area (Å²) in [7, 11) is 3.19. The van der Waals surface area contributed by atoms with Crippen molar-refractivity contribution in [1.82, 2.24) is 4.90 Å². The van der Waals surface area contributed by atoms with Crippen molar-refractivity contribution < 1.29 is 14.3 Å². The lowest BCUT2D eigenvalue weighted by Gasteiger charge is -2.21. The van der Waals surface area contributed by atoms with Crippen LogP contribution in [-0.4, -0.2) is 31.6 Å². The first-order chi connectivity index (χ1) is 10.6. The van der Waals surface area contributed by atoms with Crippen LogP contribution in [0.1, 0.15) is 22.2 Å². The molecule has 1 aromatic heterocycles. The van der Waals surface area contributed by atoms with Gasteiger partial charge in [0.15, 0.2) is 11.5 Å². The van der Waals surface area contributed by atoms with Crippen LogP contribution in [0.15, 0.2) is 30.3 Å². The van der Waals surface area contributed by atoms with Gasteiger partial charge in [-0.15, -0.1) is 11.3 Å². The minimum absolute atomic E-state index is 0.0193. The van der Waals surface area contributed by atoms with E-state index in [1.807, 2.05) is 25.1 Å². The van der Waals surface area contributed by atoms with E-state index in [0.717, 1.165) is 5.56 Å². The predicted molar refractivity (Wildman–Crippen MR) is 89.3 cm³/mol. The highest BCUT2D eigenvalue weighted by Gasteiger charge is 2.17. The summed E-state index contributed by atoms with van der Waals surface area (Å²) in [6.07, 6.45) is 0. The van der Waals surface area contributed by atoms with Crippen LogP contribution in [-0.2, 0) is 6.54 Å². The van der Waals surface area contributed by atoms with Crippen molar-refractivity contribution in [1.29, 1.82) is 0 Å². The molecule has 0 saturated carbocycles. The van der Waals surface area contributed by atoms with E-state index in [0.29, 0.717) is 33.8 Å². The summed E-state index contributed by atoms with van der Waals surface area (Å²) < 4.78 is 11.1. The molecular weight excluding hydrogens is 322 g/mol. The highest BCUT2D eigenvalue weighted by atomic mass is 35.5. The monoisotopic (exact) mass is 339 g/mol. The van der Waals surface area contributed by atoms with Crippen LogP contribution in [0.2, 0.25) is 4.34 Å². The van der Waals surface area contributed by atoms with Crippen molar-refractivity contribution in [3.05, 3.63) is 45.1 Å². The summed E-state index contributed by atoms with van der Waals surface area (Å²) in [4.78, 5) is 14.9. The van der Waals surface area contributed by atoms with Gasteiger partial charge in [0.2, 0.25) is 0 Å². The van der Waals surface area contributed by atoms with Gasteiger partial charge in [0, 0.05) is 13.1 Å². The second-order valence-corrected chi connectivity index (χ2v) is 6.33. The van der Waals surface area contributed by atoms with Crippen LogP contribution in [0.4, 0.5) is 0 Å². The molecule has 4 nitrogen and oxygen atoms in total. The summed E-state index contributed by atoms with van der Waals surface area (Å²) >= 11 is 7.20. The van der Waals surface area contributed by atoms with Crippen molar-refractivity contribution in [2.24, 2.45) is 0 Å². The van der Waals surface area contributed by atoms with E-state index in [1.54, 1.807) is 31.3 Å². The van der Waals surface area contributed by atoms with Crippen LogP contribution in [0, 0.1) is 0 Å². The summed E-state index contributed by atoms with van der Waals surface area (Å²) in [5.41, 5.74) is 0.982. The Bertz CT molecular complexity index is 657. The largest absolute Gasteiger partial charge is 0.493 e. The van der Waals surface area contributed by atoms with Gasteiger partial charge < -0.3 is 14.4 Å². The summed E-state index contributed by atoms with van der Waals surface area (Å²) in [6, 6.07) is 9.15. The number of benzene rings is 1. The number of hydrogen-bond acceptors (Lipinski definition) is 4. The lowest BCUT2D eigenvalue weighted by Crippen LogP contribution is -2.29. The Kier molecular flexibility index (Phi) is 5.69. The van der Waals surface area contributed by atoms with E-state index in [-0.39, 0.29) is 5.91 Å². The summed E-state index contributed by atoms with van der Waals surface area (Å²) in [6.45, 7) is 3.07. The fraction of sp³-hybridized carbons (Fsp3) is 0.312. The molecule has 0 unspecified atom stereocenters. The van der Waals surface area contributed by atoms with E-state index >= 15 is 0 Å². The number of amides is 1. The molecule has 22 heavy (non-hydrogen) atoms. The Hall–Kier alpha value is -1.72. The quantitative estimate of drug-likeness (QED) is 0.796. The van der Waals surface area contributed by atoms with Gasteiger partial charge >= 0.3 is 0 Å². The minimum atomic E-state index is -0.0193. The van der Waals surface area contributed by atoms with Crippen molar-refractivity contribution in [3.63, 3.8) is 0 Å². The van der Waals surface area contributed by atoms with E-state index in [2.05, 4.69) is 0 Å². The molecule has 2 rings (SSSR count). The molecule has 2 aromatic rings. The third kappa shape index (κ3) is 3.72. The van der Waals surface area contributed by atoms with Crippen molar-refractivity contribution in [2.75, 3.05) is 20.8 Å². The third-order valence-corrected chi connectivity index (χ3v) is 4.49. The smallest absolute Gasteiger partial charge is 0.264 e. The van der Waals surface area contributed by atoms with Crippen LogP contribution < -0.4 is 9.47 Å². The van der Waals surface area contributed by atoms with Crippen molar-refractivity contribution in [3.8, 4) is 11.5 Å². The molecule has 0 aliphatic heterocycles. The van der Waals surface area contributed by atoms with Gasteiger partial charge in [-0.05, 0) is 36.8 Å². The standard InChI is InChI=1S/C16H18ClNO3S/c1-4-18(16(19)14-7-8-15(17)22-14)10-11-5-6-12(20-2)13(9-11)21-3/h5-9H,4,10H2,1-3H3. The zero-order valence-corrected chi connectivity index (χ0v) is 14.3. The zero-order valence-electron chi connectivity index (χ0n) is 12.8. The van der Waals surface area contributed by atoms with Crippen molar-refractivity contribution in [2.45, 2.75) is 13.5 Å². The van der Waals surface area contributed by atoms with Crippen LogP contribution in [0.5, 0.6) is 11.5 Å². The lowest BCUT2D eigenvalue weighted by atomic mass is 10.2. The number of ether oxygens (including phenoxy) is 2. The second kappa shape index (κ2) is 7.51. The maximum Gasteiger partial charge on any atom is 0.264 e. The highest BCUT2D eigenvalue weighted by Crippen LogP contribution is 2.28.